The van der Waals surface area contributed by atoms with E-state index in [4.69, 9.17) is 0 Å². The van der Waals surface area contributed by atoms with Gasteiger partial charge in [-0.2, -0.15) is 0 Å². The van der Waals surface area contributed by atoms with Crippen LogP contribution < -0.4 is 0 Å². The molecule has 0 aromatic heterocycles. The highest BCUT2D eigenvalue weighted by atomic mass is 15.2. The van der Waals surface area contributed by atoms with Crippen molar-refractivity contribution >= 4 is 0 Å². The minimum atomic E-state index is 0.466. The fourth-order valence-corrected chi connectivity index (χ4v) is 3.53. The molecule has 0 bridgehead atoms. The van der Waals surface area contributed by atoms with E-state index in [0.717, 1.165) is 11.8 Å². The second-order valence-electron chi connectivity index (χ2n) is 5.69. The number of rotatable bonds is 3. The minimum absolute atomic E-state index is 0.466. The Labute approximate surface area is 89.9 Å². The summed E-state index contributed by atoms with van der Waals surface area (Å²) in [5.41, 5.74) is 0.466. The van der Waals surface area contributed by atoms with E-state index in [1.165, 1.54) is 19.4 Å². The molecule has 0 unspecified atom stereocenters. The molecular formula is C13H27N. The molecule has 0 aliphatic carbocycles. The monoisotopic (exact) mass is 197 g/mol. The Kier molecular flexibility index (Phi) is 3.63. The van der Waals surface area contributed by atoms with Crippen LogP contribution in [0.4, 0.5) is 0 Å². The van der Waals surface area contributed by atoms with Crippen LogP contribution in [0.3, 0.4) is 0 Å². The quantitative estimate of drug-likeness (QED) is 0.669. The van der Waals surface area contributed by atoms with Crippen molar-refractivity contribution in [1.82, 2.24) is 4.90 Å². The largest absolute Gasteiger partial charge is 0.295 e. The second kappa shape index (κ2) is 4.22. The van der Waals surface area contributed by atoms with Crippen molar-refractivity contribution in [2.75, 3.05) is 6.54 Å². The van der Waals surface area contributed by atoms with Crippen molar-refractivity contribution in [3.8, 4) is 0 Å². The highest BCUT2D eigenvalue weighted by Gasteiger charge is 2.46. The van der Waals surface area contributed by atoms with Crippen LogP contribution in [0.1, 0.15) is 54.4 Å². The Morgan fingerprint density at radius 2 is 1.43 bits per heavy atom. The number of hydrogen-bond donors (Lipinski definition) is 0. The molecule has 1 aliphatic rings. The first-order valence-corrected chi connectivity index (χ1v) is 6.19. The third-order valence-electron chi connectivity index (χ3n) is 4.13. The number of hydrogen-bond acceptors (Lipinski definition) is 1. The van der Waals surface area contributed by atoms with Gasteiger partial charge in [0.05, 0.1) is 0 Å². The summed E-state index contributed by atoms with van der Waals surface area (Å²) in [6.45, 7) is 15.5. The lowest BCUT2D eigenvalue weighted by Gasteiger charge is -2.47. The molecule has 1 heteroatoms. The summed E-state index contributed by atoms with van der Waals surface area (Å²) in [5, 5.41) is 0. The lowest BCUT2D eigenvalue weighted by Crippen LogP contribution is -2.54. The molecule has 0 atom stereocenters. The van der Waals surface area contributed by atoms with Crippen LogP contribution in [0.5, 0.6) is 0 Å². The van der Waals surface area contributed by atoms with Gasteiger partial charge in [0, 0.05) is 11.6 Å². The van der Waals surface area contributed by atoms with Gasteiger partial charge in [0.25, 0.3) is 0 Å². The summed E-state index contributed by atoms with van der Waals surface area (Å²) in [7, 11) is 0. The molecule has 0 N–H and O–H groups in total. The van der Waals surface area contributed by atoms with Gasteiger partial charge in [-0.1, -0.05) is 27.7 Å². The van der Waals surface area contributed by atoms with Crippen LogP contribution in [0, 0.1) is 11.8 Å². The Balaban J connectivity index is 2.95. The van der Waals surface area contributed by atoms with Gasteiger partial charge < -0.3 is 0 Å². The Bertz CT molecular complexity index is 174. The maximum Gasteiger partial charge on any atom is 0.0258 e. The van der Waals surface area contributed by atoms with E-state index < -0.39 is 0 Å². The van der Waals surface area contributed by atoms with E-state index >= 15 is 0 Å². The van der Waals surface area contributed by atoms with Gasteiger partial charge in [-0.15, -0.1) is 0 Å². The average molecular weight is 197 g/mol. The van der Waals surface area contributed by atoms with Crippen LogP contribution in [-0.4, -0.2) is 23.0 Å². The van der Waals surface area contributed by atoms with Gasteiger partial charge in [-0.05, 0) is 45.1 Å². The van der Waals surface area contributed by atoms with Crippen LogP contribution >= 0.6 is 0 Å². The Morgan fingerprint density at radius 1 is 0.929 bits per heavy atom. The average Bonchev–Trinajstić information content (AvgIpc) is 2.47. The lowest BCUT2D eigenvalue weighted by atomic mass is 9.74. The molecular weight excluding hydrogens is 170 g/mol. The van der Waals surface area contributed by atoms with E-state index in [2.05, 4.69) is 46.4 Å². The van der Waals surface area contributed by atoms with E-state index in [1.54, 1.807) is 0 Å². The summed E-state index contributed by atoms with van der Waals surface area (Å²) >= 11 is 0. The van der Waals surface area contributed by atoms with Crippen molar-refractivity contribution in [3.63, 3.8) is 0 Å². The first kappa shape index (κ1) is 12.0. The zero-order chi connectivity index (χ0) is 10.9. The molecule has 84 valence electrons. The molecule has 0 saturated carbocycles. The minimum Gasteiger partial charge on any atom is -0.295 e. The SMILES string of the molecule is CC(C)N1CCCC1(C(C)C)C(C)C. The summed E-state index contributed by atoms with van der Waals surface area (Å²) in [5.74, 6) is 1.54. The molecule has 0 spiro atoms. The first-order valence-electron chi connectivity index (χ1n) is 6.19. The van der Waals surface area contributed by atoms with Gasteiger partial charge in [0.15, 0.2) is 0 Å². The van der Waals surface area contributed by atoms with Gasteiger partial charge in [0.2, 0.25) is 0 Å². The van der Waals surface area contributed by atoms with Crippen molar-refractivity contribution in [2.24, 2.45) is 11.8 Å². The van der Waals surface area contributed by atoms with E-state index in [1.807, 2.05) is 0 Å². The number of nitrogens with zero attached hydrogens (tertiary/aromatic N) is 1. The molecule has 0 aromatic carbocycles. The first-order chi connectivity index (χ1) is 6.43. The fraction of sp³-hybridized carbons (Fsp3) is 1.00. The van der Waals surface area contributed by atoms with Crippen LogP contribution in [0.2, 0.25) is 0 Å². The zero-order valence-corrected chi connectivity index (χ0v) is 10.8. The number of likely N-dealkylation sites (tertiary alicyclic amines) is 1. The van der Waals surface area contributed by atoms with Crippen LogP contribution in [-0.2, 0) is 0 Å². The molecule has 14 heavy (non-hydrogen) atoms. The third kappa shape index (κ3) is 1.71. The third-order valence-corrected chi connectivity index (χ3v) is 4.13. The molecule has 1 rings (SSSR count). The molecule has 1 nitrogen and oxygen atoms in total. The zero-order valence-electron chi connectivity index (χ0n) is 10.8. The molecule has 1 fully saturated rings. The van der Waals surface area contributed by atoms with Gasteiger partial charge in [-0.25, -0.2) is 0 Å². The summed E-state index contributed by atoms with van der Waals surface area (Å²) in [6, 6.07) is 0.697. The van der Waals surface area contributed by atoms with Gasteiger partial charge in [0.1, 0.15) is 0 Å². The normalized spacial score (nSPS) is 22.9. The predicted molar refractivity (Wildman–Crippen MR) is 63.5 cm³/mol. The van der Waals surface area contributed by atoms with Crippen LogP contribution in [0.25, 0.3) is 0 Å². The Morgan fingerprint density at radius 3 is 1.71 bits per heavy atom. The van der Waals surface area contributed by atoms with Crippen LogP contribution in [0.15, 0.2) is 0 Å². The molecule has 1 aliphatic heterocycles. The van der Waals surface area contributed by atoms with Gasteiger partial charge >= 0.3 is 0 Å². The fourth-order valence-electron chi connectivity index (χ4n) is 3.53. The summed E-state index contributed by atoms with van der Waals surface area (Å²) in [6.07, 6.45) is 2.77. The molecule has 0 amide bonds. The standard InChI is InChI=1S/C13H27N/c1-10(2)13(11(3)4)8-7-9-14(13)12(5)6/h10-12H,7-9H2,1-6H3. The summed E-state index contributed by atoms with van der Waals surface area (Å²) in [4.78, 5) is 2.74. The maximum atomic E-state index is 2.74. The molecule has 1 saturated heterocycles. The molecule has 0 radical (unpaired) electrons. The predicted octanol–water partition coefficient (Wildman–Crippen LogP) is 3.54. The molecule has 1 heterocycles. The second-order valence-corrected chi connectivity index (χ2v) is 5.69. The van der Waals surface area contributed by atoms with Crippen molar-refractivity contribution in [1.29, 1.82) is 0 Å². The van der Waals surface area contributed by atoms with Crippen molar-refractivity contribution in [3.05, 3.63) is 0 Å². The highest BCUT2D eigenvalue weighted by molar-refractivity contribution is 5.01. The van der Waals surface area contributed by atoms with Gasteiger partial charge in [-0.3, -0.25) is 4.90 Å². The Hall–Kier alpha value is -0.0400. The van der Waals surface area contributed by atoms with E-state index in [0.29, 0.717) is 11.6 Å². The van der Waals surface area contributed by atoms with E-state index in [9.17, 15) is 0 Å². The summed E-state index contributed by atoms with van der Waals surface area (Å²) < 4.78 is 0. The highest BCUT2D eigenvalue weighted by Crippen LogP contribution is 2.42. The smallest absolute Gasteiger partial charge is 0.0258 e. The maximum absolute atomic E-state index is 2.74. The topological polar surface area (TPSA) is 3.24 Å². The lowest BCUT2D eigenvalue weighted by molar-refractivity contribution is 0.0180. The molecule has 0 aromatic rings. The van der Waals surface area contributed by atoms with E-state index in [-0.39, 0.29) is 0 Å². The van der Waals surface area contributed by atoms with Crippen molar-refractivity contribution < 1.29 is 0 Å². The van der Waals surface area contributed by atoms with Crippen molar-refractivity contribution in [2.45, 2.75) is 66.0 Å².